The quantitative estimate of drug-likeness (QED) is 0.632. The van der Waals surface area contributed by atoms with E-state index in [0.29, 0.717) is 6.42 Å². The van der Waals surface area contributed by atoms with Crippen molar-refractivity contribution in [2.24, 2.45) is 0 Å². The highest BCUT2D eigenvalue weighted by Crippen LogP contribution is 2.29. The number of likely N-dealkylation sites (N-methyl/N-ethyl adjacent to an activating group) is 1. The monoisotopic (exact) mass is 209 g/mol. The fourth-order valence-corrected chi connectivity index (χ4v) is 1.81. The van der Waals surface area contributed by atoms with Crippen LogP contribution in [0.4, 0.5) is 0 Å². The molecular weight excluding hydrogens is 186 g/mol. The van der Waals surface area contributed by atoms with Gasteiger partial charge in [-0.3, -0.25) is 0 Å². The summed E-state index contributed by atoms with van der Waals surface area (Å²) in [7, 11) is 1.82. The molecular formula is C13H23NO. The Kier molecular flexibility index (Phi) is 6.02. The highest BCUT2D eigenvalue weighted by Gasteiger charge is 2.28. The Morgan fingerprint density at radius 1 is 1.33 bits per heavy atom. The fourth-order valence-electron chi connectivity index (χ4n) is 1.81. The second-order valence-corrected chi connectivity index (χ2v) is 3.62. The van der Waals surface area contributed by atoms with Gasteiger partial charge in [-0.15, -0.1) is 0 Å². The van der Waals surface area contributed by atoms with Gasteiger partial charge in [0, 0.05) is 18.3 Å². The topological polar surface area (TPSA) is 32.3 Å². The van der Waals surface area contributed by atoms with Crippen LogP contribution in [-0.4, -0.2) is 17.8 Å². The maximum absolute atomic E-state index is 10.5. The molecule has 0 aliphatic rings. The summed E-state index contributed by atoms with van der Waals surface area (Å²) in [5.74, 6) is 0. The zero-order valence-corrected chi connectivity index (χ0v) is 10.1. The van der Waals surface area contributed by atoms with E-state index < -0.39 is 5.60 Å². The van der Waals surface area contributed by atoms with E-state index in [1.807, 2.05) is 14.0 Å². The number of allylic oxidation sites excluding steroid dienone is 1. The molecule has 1 atom stereocenters. The van der Waals surface area contributed by atoms with Crippen molar-refractivity contribution in [2.45, 2.75) is 38.7 Å². The standard InChI is InChI=1S/C13H23NO/c1-6-10-13(15,9-4)11(7-2)12(8-3)14-5/h7-8,14-15H,2-3,6,9-10H2,1,4-5H3/b12-11-. The second-order valence-electron chi connectivity index (χ2n) is 3.62. The molecule has 0 radical (unpaired) electrons. The molecule has 2 nitrogen and oxygen atoms in total. The molecule has 2 heteroatoms. The first-order valence-corrected chi connectivity index (χ1v) is 5.49. The van der Waals surface area contributed by atoms with Crippen molar-refractivity contribution in [3.63, 3.8) is 0 Å². The van der Waals surface area contributed by atoms with Crippen molar-refractivity contribution in [3.05, 3.63) is 36.6 Å². The molecule has 0 amide bonds. The molecule has 0 saturated heterocycles. The summed E-state index contributed by atoms with van der Waals surface area (Å²) in [5.41, 5.74) is 0.899. The highest BCUT2D eigenvalue weighted by molar-refractivity contribution is 5.36. The molecule has 0 heterocycles. The lowest BCUT2D eigenvalue weighted by molar-refractivity contribution is 0.0667. The van der Waals surface area contributed by atoms with Crippen molar-refractivity contribution in [1.29, 1.82) is 0 Å². The average molecular weight is 209 g/mol. The maximum Gasteiger partial charge on any atom is 0.0913 e. The summed E-state index contributed by atoms with van der Waals surface area (Å²) >= 11 is 0. The van der Waals surface area contributed by atoms with Gasteiger partial charge in [-0.1, -0.05) is 39.5 Å². The van der Waals surface area contributed by atoms with E-state index in [4.69, 9.17) is 0 Å². The van der Waals surface area contributed by atoms with Crippen LogP contribution in [0.3, 0.4) is 0 Å². The summed E-state index contributed by atoms with van der Waals surface area (Å²) in [4.78, 5) is 0. The molecule has 0 bridgehead atoms. The van der Waals surface area contributed by atoms with Crippen LogP contribution in [0.1, 0.15) is 33.1 Å². The summed E-state index contributed by atoms with van der Waals surface area (Å²) in [6, 6.07) is 0. The minimum absolute atomic E-state index is 0.682. The zero-order chi connectivity index (χ0) is 11.9. The van der Waals surface area contributed by atoms with Crippen molar-refractivity contribution in [1.82, 2.24) is 5.32 Å². The SMILES string of the molecule is C=C/C(NC)=C(\C=C)C(O)(CC)CCC. The van der Waals surface area contributed by atoms with E-state index in [9.17, 15) is 5.11 Å². The van der Waals surface area contributed by atoms with E-state index in [0.717, 1.165) is 24.1 Å². The van der Waals surface area contributed by atoms with Crippen LogP contribution in [0.25, 0.3) is 0 Å². The van der Waals surface area contributed by atoms with Crippen LogP contribution < -0.4 is 5.32 Å². The van der Waals surface area contributed by atoms with Gasteiger partial charge >= 0.3 is 0 Å². The third-order valence-corrected chi connectivity index (χ3v) is 2.72. The second kappa shape index (κ2) is 6.46. The lowest BCUT2D eigenvalue weighted by atomic mass is 9.85. The summed E-state index contributed by atoms with van der Waals surface area (Å²) in [5, 5.41) is 13.5. The van der Waals surface area contributed by atoms with Gasteiger partial charge in [0.25, 0.3) is 0 Å². The van der Waals surface area contributed by atoms with Crippen LogP contribution in [0.2, 0.25) is 0 Å². The maximum atomic E-state index is 10.5. The molecule has 0 spiro atoms. The first-order chi connectivity index (χ1) is 7.09. The third kappa shape index (κ3) is 3.24. The number of hydrogen-bond acceptors (Lipinski definition) is 2. The normalized spacial score (nSPS) is 16.3. The Bertz CT molecular complexity index is 255. The van der Waals surface area contributed by atoms with E-state index in [1.165, 1.54) is 0 Å². The van der Waals surface area contributed by atoms with Gasteiger partial charge in [0.15, 0.2) is 0 Å². The molecule has 1 unspecified atom stereocenters. The molecule has 0 rings (SSSR count). The molecule has 0 saturated carbocycles. The van der Waals surface area contributed by atoms with Crippen LogP contribution >= 0.6 is 0 Å². The molecule has 0 aromatic heterocycles. The molecule has 86 valence electrons. The van der Waals surface area contributed by atoms with Crippen LogP contribution in [0, 0.1) is 0 Å². The number of rotatable bonds is 7. The highest BCUT2D eigenvalue weighted by atomic mass is 16.3. The lowest BCUT2D eigenvalue weighted by Crippen LogP contribution is -2.32. The van der Waals surface area contributed by atoms with E-state index in [-0.39, 0.29) is 0 Å². The van der Waals surface area contributed by atoms with Gasteiger partial charge in [0.05, 0.1) is 5.60 Å². The van der Waals surface area contributed by atoms with E-state index in [1.54, 1.807) is 12.2 Å². The Labute approximate surface area is 93.4 Å². The Morgan fingerprint density at radius 3 is 2.20 bits per heavy atom. The third-order valence-electron chi connectivity index (χ3n) is 2.72. The van der Waals surface area contributed by atoms with Gasteiger partial charge in [-0.05, 0) is 18.9 Å². The Morgan fingerprint density at radius 2 is 1.93 bits per heavy atom. The molecule has 0 aliphatic carbocycles. The predicted molar refractivity (Wildman–Crippen MR) is 66.6 cm³/mol. The smallest absolute Gasteiger partial charge is 0.0913 e. The first-order valence-electron chi connectivity index (χ1n) is 5.49. The molecule has 0 aliphatic heterocycles. The van der Waals surface area contributed by atoms with Crippen molar-refractivity contribution >= 4 is 0 Å². The minimum atomic E-state index is -0.789. The molecule has 0 aromatic rings. The molecule has 0 fully saturated rings. The minimum Gasteiger partial charge on any atom is -0.388 e. The molecule has 0 aromatic carbocycles. The largest absolute Gasteiger partial charge is 0.388 e. The van der Waals surface area contributed by atoms with Crippen molar-refractivity contribution in [3.8, 4) is 0 Å². The van der Waals surface area contributed by atoms with Crippen molar-refractivity contribution in [2.75, 3.05) is 7.05 Å². The predicted octanol–water partition coefficient (Wildman–Crippen LogP) is 2.77. The molecule has 2 N–H and O–H groups in total. The van der Waals surface area contributed by atoms with E-state index >= 15 is 0 Å². The van der Waals surface area contributed by atoms with Gasteiger partial charge in [-0.25, -0.2) is 0 Å². The van der Waals surface area contributed by atoms with Crippen LogP contribution in [-0.2, 0) is 0 Å². The Balaban J connectivity index is 5.31. The first kappa shape index (κ1) is 14.0. The van der Waals surface area contributed by atoms with Gasteiger partial charge in [0.1, 0.15) is 0 Å². The number of aliphatic hydroxyl groups is 1. The summed E-state index contributed by atoms with van der Waals surface area (Å²) < 4.78 is 0. The van der Waals surface area contributed by atoms with Gasteiger partial charge < -0.3 is 10.4 Å². The average Bonchev–Trinajstić information content (AvgIpc) is 2.25. The summed E-state index contributed by atoms with van der Waals surface area (Å²) in [6.45, 7) is 11.5. The Hall–Kier alpha value is -1.02. The molecule has 15 heavy (non-hydrogen) atoms. The van der Waals surface area contributed by atoms with Gasteiger partial charge in [0.2, 0.25) is 0 Å². The lowest BCUT2D eigenvalue weighted by Gasteiger charge is -2.29. The van der Waals surface area contributed by atoms with E-state index in [2.05, 4.69) is 25.4 Å². The fraction of sp³-hybridized carbons (Fsp3) is 0.538. The number of nitrogens with one attached hydrogen (secondary N) is 1. The summed E-state index contributed by atoms with van der Waals surface area (Å²) in [6.07, 6.45) is 5.79. The van der Waals surface area contributed by atoms with Crippen molar-refractivity contribution < 1.29 is 5.11 Å². The van der Waals surface area contributed by atoms with Gasteiger partial charge in [-0.2, -0.15) is 0 Å². The number of hydrogen-bond donors (Lipinski definition) is 2. The van der Waals surface area contributed by atoms with Crippen LogP contribution in [0.5, 0.6) is 0 Å². The zero-order valence-electron chi connectivity index (χ0n) is 10.1. The van der Waals surface area contributed by atoms with Crippen LogP contribution in [0.15, 0.2) is 36.6 Å².